The van der Waals surface area contributed by atoms with Crippen molar-refractivity contribution in [1.82, 2.24) is 5.32 Å². The largest absolute Gasteiger partial charge is 0.497 e. The summed E-state index contributed by atoms with van der Waals surface area (Å²) in [7, 11) is 1.58. The molecule has 2 amide bonds. The Balaban J connectivity index is 1.37. The van der Waals surface area contributed by atoms with Crippen LogP contribution in [0.25, 0.3) is 10.1 Å². The van der Waals surface area contributed by atoms with Gasteiger partial charge in [-0.25, -0.2) is 0 Å². The highest BCUT2D eigenvalue weighted by atomic mass is 35.5. The van der Waals surface area contributed by atoms with Gasteiger partial charge in [-0.2, -0.15) is 0 Å². The molecule has 0 aliphatic heterocycles. The van der Waals surface area contributed by atoms with Gasteiger partial charge in [-0.3, -0.25) is 14.9 Å². The number of fused-ring (bicyclic) bond motifs is 1. The fourth-order valence-corrected chi connectivity index (χ4v) is 4.72. The number of hydrogen-bond donors (Lipinski definition) is 3. The summed E-state index contributed by atoms with van der Waals surface area (Å²) in [6.45, 7) is 0. The second-order valence-corrected chi connectivity index (χ2v) is 8.75. The number of carbonyl (C=O) groups is 2. The normalized spacial score (nSPS) is 10.5. The zero-order valence-corrected chi connectivity index (χ0v) is 19.7. The second kappa shape index (κ2) is 9.99. The van der Waals surface area contributed by atoms with Crippen molar-refractivity contribution < 1.29 is 14.3 Å². The first-order valence-corrected chi connectivity index (χ1v) is 11.4. The third-order valence-corrected chi connectivity index (χ3v) is 6.57. The zero-order valence-electron chi connectivity index (χ0n) is 17.3. The molecule has 6 nitrogen and oxygen atoms in total. The molecule has 3 N–H and O–H groups in total. The summed E-state index contributed by atoms with van der Waals surface area (Å²) in [6, 6.07) is 21.4. The number of methoxy groups -OCH3 is 1. The van der Waals surface area contributed by atoms with E-state index in [0.717, 1.165) is 10.1 Å². The van der Waals surface area contributed by atoms with E-state index in [9.17, 15) is 9.59 Å². The Kier molecular flexibility index (Phi) is 6.88. The van der Waals surface area contributed by atoms with Crippen molar-refractivity contribution in [3.05, 3.63) is 88.3 Å². The van der Waals surface area contributed by atoms with E-state index in [1.54, 1.807) is 61.7 Å². The van der Waals surface area contributed by atoms with E-state index in [2.05, 4.69) is 16.0 Å². The number of nitrogens with one attached hydrogen (secondary N) is 3. The van der Waals surface area contributed by atoms with Crippen molar-refractivity contribution in [3.63, 3.8) is 0 Å². The molecular weight excluding hydrogens is 478 g/mol. The quantitative estimate of drug-likeness (QED) is 0.298. The Bertz CT molecular complexity index is 1340. The first-order chi connectivity index (χ1) is 15.9. The van der Waals surface area contributed by atoms with Crippen LogP contribution >= 0.6 is 35.2 Å². The lowest BCUT2D eigenvalue weighted by Crippen LogP contribution is -2.33. The highest BCUT2D eigenvalue weighted by Crippen LogP contribution is 2.37. The van der Waals surface area contributed by atoms with E-state index in [1.165, 1.54) is 11.3 Å². The fraction of sp³-hybridized carbons (Fsp3) is 0.0417. The van der Waals surface area contributed by atoms with Gasteiger partial charge in [-0.15, -0.1) is 11.3 Å². The SMILES string of the molecule is COc1ccc2c(Cl)c(C(=O)NC(=S)Nc3ccc(NC(=O)c4ccccc4)cc3)sc2c1. The molecule has 0 fully saturated rings. The monoisotopic (exact) mass is 495 g/mol. The topological polar surface area (TPSA) is 79.5 Å². The van der Waals surface area contributed by atoms with Crippen LogP contribution in [-0.2, 0) is 0 Å². The molecule has 0 saturated carbocycles. The molecule has 9 heteroatoms. The third-order valence-electron chi connectivity index (χ3n) is 4.71. The summed E-state index contributed by atoms with van der Waals surface area (Å²) >= 11 is 12.9. The van der Waals surface area contributed by atoms with Crippen LogP contribution in [0.4, 0.5) is 11.4 Å². The summed E-state index contributed by atoms with van der Waals surface area (Å²) in [5.41, 5.74) is 1.86. The van der Waals surface area contributed by atoms with Crippen LogP contribution in [0.2, 0.25) is 5.02 Å². The van der Waals surface area contributed by atoms with Crippen molar-refractivity contribution in [3.8, 4) is 5.75 Å². The third kappa shape index (κ3) is 5.31. The molecular formula is C24H18ClN3O3S2. The number of thiocarbonyl (C=S) groups is 1. The van der Waals surface area contributed by atoms with Crippen LogP contribution in [0.15, 0.2) is 72.8 Å². The number of hydrogen-bond acceptors (Lipinski definition) is 5. The van der Waals surface area contributed by atoms with E-state index >= 15 is 0 Å². The van der Waals surface area contributed by atoms with Crippen LogP contribution in [0.5, 0.6) is 5.75 Å². The summed E-state index contributed by atoms with van der Waals surface area (Å²) in [4.78, 5) is 25.3. The Morgan fingerprint density at radius 1 is 0.909 bits per heavy atom. The molecule has 0 saturated heterocycles. The molecule has 4 rings (SSSR count). The maximum Gasteiger partial charge on any atom is 0.269 e. The Hall–Kier alpha value is -3.46. The van der Waals surface area contributed by atoms with Gasteiger partial charge < -0.3 is 15.4 Å². The fourth-order valence-electron chi connectivity index (χ4n) is 3.07. The summed E-state index contributed by atoms with van der Waals surface area (Å²) in [5, 5.41) is 9.71. The highest BCUT2D eigenvalue weighted by Gasteiger charge is 2.18. The molecule has 3 aromatic carbocycles. The van der Waals surface area contributed by atoms with E-state index in [-0.39, 0.29) is 11.0 Å². The smallest absolute Gasteiger partial charge is 0.269 e. The molecule has 0 spiro atoms. The summed E-state index contributed by atoms with van der Waals surface area (Å²) in [5.74, 6) is 0.0919. The maximum absolute atomic E-state index is 12.7. The highest BCUT2D eigenvalue weighted by molar-refractivity contribution is 7.80. The number of thiophene rings is 1. The Labute approximate surface area is 204 Å². The number of ether oxygens (including phenoxy) is 1. The average Bonchev–Trinajstić information content (AvgIpc) is 3.16. The van der Waals surface area contributed by atoms with Crippen molar-refractivity contribution in [2.75, 3.05) is 17.7 Å². The molecule has 33 heavy (non-hydrogen) atoms. The number of anilines is 2. The van der Waals surface area contributed by atoms with Crippen molar-refractivity contribution in [2.24, 2.45) is 0 Å². The van der Waals surface area contributed by atoms with Crippen molar-refractivity contribution in [1.29, 1.82) is 0 Å². The van der Waals surface area contributed by atoms with Gasteiger partial charge in [-0.1, -0.05) is 29.8 Å². The summed E-state index contributed by atoms with van der Waals surface area (Å²) < 4.78 is 6.07. The van der Waals surface area contributed by atoms with Gasteiger partial charge in [0.25, 0.3) is 11.8 Å². The minimum absolute atomic E-state index is 0.132. The van der Waals surface area contributed by atoms with Gasteiger partial charge in [0, 0.05) is 27.0 Å². The lowest BCUT2D eigenvalue weighted by molar-refractivity contribution is 0.0980. The van der Waals surface area contributed by atoms with E-state index < -0.39 is 5.91 Å². The zero-order chi connectivity index (χ0) is 23.4. The first-order valence-electron chi connectivity index (χ1n) is 9.79. The van der Waals surface area contributed by atoms with Gasteiger partial charge >= 0.3 is 0 Å². The minimum Gasteiger partial charge on any atom is -0.497 e. The average molecular weight is 496 g/mol. The van der Waals surface area contributed by atoms with Crippen molar-refractivity contribution >= 4 is 73.5 Å². The molecule has 1 heterocycles. The molecule has 0 bridgehead atoms. The lowest BCUT2D eigenvalue weighted by atomic mass is 10.2. The molecule has 1 aromatic heterocycles. The second-order valence-electron chi connectivity index (χ2n) is 6.91. The van der Waals surface area contributed by atoms with Gasteiger partial charge in [0.1, 0.15) is 10.6 Å². The lowest BCUT2D eigenvalue weighted by Gasteiger charge is -2.10. The van der Waals surface area contributed by atoms with Gasteiger partial charge in [0.05, 0.1) is 12.1 Å². The summed E-state index contributed by atoms with van der Waals surface area (Å²) in [6.07, 6.45) is 0. The minimum atomic E-state index is -0.399. The van der Waals surface area contributed by atoms with Gasteiger partial charge in [0.15, 0.2) is 5.11 Å². The van der Waals surface area contributed by atoms with E-state index in [0.29, 0.717) is 32.6 Å². The molecule has 166 valence electrons. The van der Waals surface area contributed by atoms with Gasteiger partial charge in [0.2, 0.25) is 0 Å². The predicted octanol–water partition coefficient (Wildman–Crippen LogP) is 5.94. The van der Waals surface area contributed by atoms with E-state index in [4.69, 9.17) is 28.6 Å². The number of carbonyl (C=O) groups excluding carboxylic acids is 2. The Morgan fingerprint density at radius 2 is 1.58 bits per heavy atom. The molecule has 0 radical (unpaired) electrons. The van der Waals surface area contributed by atoms with Crippen LogP contribution in [0.3, 0.4) is 0 Å². The van der Waals surface area contributed by atoms with Crippen LogP contribution < -0.4 is 20.7 Å². The number of halogens is 1. The van der Waals surface area contributed by atoms with Gasteiger partial charge in [-0.05, 0) is 66.8 Å². The molecule has 0 unspecified atom stereocenters. The standard InChI is InChI=1S/C24H18ClN3O3S2/c1-31-17-11-12-18-19(13-17)33-21(20(18)25)23(30)28-24(32)27-16-9-7-15(8-10-16)26-22(29)14-5-3-2-4-6-14/h2-13H,1H3,(H,26,29)(H2,27,28,30,32). The number of rotatable bonds is 5. The van der Waals surface area contributed by atoms with Crippen molar-refractivity contribution in [2.45, 2.75) is 0 Å². The van der Waals surface area contributed by atoms with E-state index in [1.807, 2.05) is 18.2 Å². The molecule has 0 atom stereocenters. The van der Waals surface area contributed by atoms with Crippen LogP contribution in [0.1, 0.15) is 20.0 Å². The molecule has 0 aliphatic carbocycles. The molecule has 0 aliphatic rings. The number of benzene rings is 3. The molecule has 4 aromatic rings. The first kappa shape index (κ1) is 22.7. The van der Waals surface area contributed by atoms with Crippen LogP contribution in [-0.4, -0.2) is 24.0 Å². The number of amides is 2. The predicted molar refractivity (Wildman–Crippen MR) is 138 cm³/mol. The Morgan fingerprint density at radius 3 is 2.24 bits per heavy atom. The maximum atomic E-state index is 12.7. The van der Waals surface area contributed by atoms with Crippen LogP contribution in [0, 0.1) is 0 Å².